The topological polar surface area (TPSA) is 135 Å². The average molecular weight is 865 g/mol. The molecule has 0 saturated heterocycles. The minimum atomic E-state index is -1.10. The van der Waals surface area contributed by atoms with Crippen LogP contribution >= 0.6 is 0 Å². The number of hydrogen-bond donors (Lipinski definition) is 2. The molecule has 14 heteroatoms. The molecule has 0 fully saturated rings. The van der Waals surface area contributed by atoms with Crippen LogP contribution in [0.4, 0.5) is 17.6 Å². The van der Waals surface area contributed by atoms with Crippen LogP contribution in [0.1, 0.15) is 29.4 Å². The largest absolute Gasteiger partial charge is 0.477 e. The van der Waals surface area contributed by atoms with E-state index in [1.165, 1.54) is 19.2 Å². The second-order valence-corrected chi connectivity index (χ2v) is 9.75. The molecule has 0 aliphatic carbocycles. The predicted molar refractivity (Wildman–Crippen MR) is 171 cm³/mol. The van der Waals surface area contributed by atoms with Crippen molar-refractivity contribution < 1.29 is 61.8 Å². The van der Waals surface area contributed by atoms with E-state index in [2.05, 4.69) is 33.7 Å². The number of ether oxygens (including phenoxy) is 2. The third-order valence-corrected chi connectivity index (χ3v) is 5.93. The Morgan fingerprint density at radius 1 is 0.840 bits per heavy atom. The summed E-state index contributed by atoms with van der Waals surface area (Å²) < 4.78 is 61.6. The Hall–Kier alpha value is -5.59. The van der Waals surface area contributed by atoms with E-state index in [1.807, 2.05) is 0 Å². The molecule has 0 bridgehead atoms. The standard InChI is InChI=1S/C14H16N2O5.2C11H6F2N.Ir/c1-9(2)14(19)20-6-5-12(15)21-8-10-3-4-11(13(17)18)16-7-10;2*12-8-4-5-9(10(13)7-8)11-3-1-2-6-14-11;/h3-4,7,15H,1,5-6,8H2,2H3,(H,17,18);2*1-4,6-7H;/q;2*-1;. The molecule has 5 aromatic rings. The molecule has 3 aromatic heterocycles. The van der Waals surface area contributed by atoms with Crippen molar-refractivity contribution in [3.63, 3.8) is 0 Å². The van der Waals surface area contributed by atoms with Gasteiger partial charge in [-0.3, -0.25) is 23.0 Å². The van der Waals surface area contributed by atoms with E-state index in [0.29, 0.717) is 22.5 Å². The summed E-state index contributed by atoms with van der Waals surface area (Å²) in [6.07, 6.45) is 4.62. The predicted octanol–water partition coefficient (Wildman–Crippen LogP) is 7.43. The molecule has 0 atom stereocenters. The molecule has 261 valence electrons. The van der Waals surface area contributed by atoms with Crippen molar-refractivity contribution in [2.45, 2.75) is 20.0 Å². The van der Waals surface area contributed by atoms with Gasteiger partial charge in [0.05, 0.1) is 6.42 Å². The van der Waals surface area contributed by atoms with Gasteiger partial charge in [-0.1, -0.05) is 60.2 Å². The van der Waals surface area contributed by atoms with Gasteiger partial charge in [0.25, 0.3) is 0 Å². The molecule has 2 N–H and O–H groups in total. The Morgan fingerprint density at radius 3 is 1.78 bits per heavy atom. The fourth-order valence-electron chi connectivity index (χ4n) is 3.54. The summed E-state index contributed by atoms with van der Waals surface area (Å²) in [6.45, 7) is 5.12. The van der Waals surface area contributed by atoms with Crippen LogP contribution in [0.15, 0.2) is 104 Å². The number of rotatable bonds is 9. The normalized spacial score (nSPS) is 9.78. The SMILES string of the molecule is C=C(C)C(=O)OCCC(=N)OCc1ccc(C(=O)O)nc1.Fc1c[c-]c(-c2ccccn2)c(F)c1.Fc1c[c-]c(-c2ccccn2)c(F)c1.[Ir]. The van der Waals surface area contributed by atoms with Gasteiger partial charge in [-0.15, -0.1) is 24.3 Å². The minimum absolute atomic E-state index is 0. The quantitative estimate of drug-likeness (QED) is 0.0390. The summed E-state index contributed by atoms with van der Waals surface area (Å²) in [6, 6.07) is 22.0. The van der Waals surface area contributed by atoms with E-state index >= 15 is 0 Å². The molecule has 0 amide bonds. The van der Waals surface area contributed by atoms with Crippen molar-refractivity contribution in [3.8, 4) is 22.5 Å². The molecule has 0 saturated carbocycles. The molecule has 9 nitrogen and oxygen atoms in total. The summed E-state index contributed by atoms with van der Waals surface area (Å²) in [5.41, 5.74) is 2.16. The van der Waals surface area contributed by atoms with Gasteiger partial charge in [0.1, 0.15) is 18.9 Å². The van der Waals surface area contributed by atoms with Crippen LogP contribution in [0.3, 0.4) is 0 Å². The number of esters is 1. The molecule has 0 aliphatic rings. The molecule has 50 heavy (non-hydrogen) atoms. The number of carbonyl (C=O) groups is 2. The Kier molecular flexibility index (Phi) is 16.8. The maximum absolute atomic E-state index is 13.2. The first kappa shape index (κ1) is 40.6. The van der Waals surface area contributed by atoms with Gasteiger partial charge in [-0.05, 0) is 36.5 Å². The fourth-order valence-corrected chi connectivity index (χ4v) is 3.54. The first-order valence-corrected chi connectivity index (χ1v) is 14.2. The maximum atomic E-state index is 13.2. The van der Waals surface area contributed by atoms with Gasteiger partial charge < -0.3 is 24.5 Å². The van der Waals surface area contributed by atoms with Crippen LogP contribution in [-0.2, 0) is 41.0 Å². The van der Waals surface area contributed by atoms with Crippen LogP contribution in [0, 0.1) is 40.8 Å². The van der Waals surface area contributed by atoms with E-state index in [1.54, 1.807) is 54.9 Å². The molecule has 2 aromatic carbocycles. The zero-order chi connectivity index (χ0) is 35.8. The minimum Gasteiger partial charge on any atom is -0.477 e. The third-order valence-electron chi connectivity index (χ3n) is 5.93. The Morgan fingerprint density at radius 2 is 1.38 bits per heavy atom. The molecule has 0 spiro atoms. The van der Waals surface area contributed by atoms with Gasteiger partial charge in [0.15, 0.2) is 5.90 Å². The van der Waals surface area contributed by atoms with E-state index in [9.17, 15) is 27.2 Å². The molecule has 0 aliphatic heterocycles. The van der Waals surface area contributed by atoms with Crippen molar-refractivity contribution in [1.82, 2.24) is 15.0 Å². The summed E-state index contributed by atoms with van der Waals surface area (Å²) in [7, 11) is 0. The van der Waals surface area contributed by atoms with Crippen LogP contribution in [0.25, 0.3) is 22.5 Å². The van der Waals surface area contributed by atoms with Gasteiger partial charge in [-0.2, -0.15) is 0 Å². The molecular weight excluding hydrogens is 837 g/mol. The van der Waals surface area contributed by atoms with Crippen LogP contribution in [0.2, 0.25) is 0 Å². The first-order valence-electron chi connectivity index (χ1n) is 14.2. The van der Waals surface area contributed by atoms with Crippen molar-refractivity contribution in [2.24, 2.45) is 0 Å². The number of aromatic carboxylic acids is 1. The first-order chi connectivity index (χ1) is 23.4. The second kappa shape index (κ2) is 20.7. The third kappa shape index (κ3) is 13.5. The Bertz CT molecular complexity index is 1800. The van der Waals surface area contributed by atoms with Gasteiger partial charge >= 0.3 is 11.9 Å². The van der Waals surface area contributed by atoms with E-state index in [4.69, 9.17) is 20.0 Å². The second-order valence-electron chi connectivity index (χ2n) is 9.75. The summed E-state index contributed by atoms with van der Waals surface area (Å²) >= 11 is 0. The summed E-state index contributed by atoms with van der Waals surface area (Å²) in [5.74, 6) is -4.21. The van der Waals surface area contributed by atoms with E-state index in [0.717, 1.165) is 24.3 Å². The average Bonchev–Trinajstić information content (AvgIpc) is 3.09. The zero-order valence-corrected chi connectivity index (χ0v) is 28.7. The van der Waals surface area contributed by atoms with Crippen LogP contribution in [-0.4, -0.2) is 44.5 Å². The number of carboxylic acids is 1. The smallest absolute Gasteiger partial charge is 0.354 e. The fraction of sp³-hybridized carbons (Fsp3) is 0.111. The number of carbonyl (C=O) groups excluding carboxylic acids is 1. The summed E-state index contributed by atoms with van der Waals surface area (Å²) in [5, 5.41) is 16.2. The van der Waals surface area contributed by atoms with Crippen LogP contribution < -0.4 is 0 Å². The molecule has 3 heterocycles. The van der Waals surface area contributed by atoms with Crippen LogP contribution in [0.5, 0.6) is 0 Å². The number of nitrogens with zero attached hydrogens (tertiary/aromatic N) is 3. The molecule has 1 radical (unpaired) electrons. The van der Waals surface area contributed by atoms with Crippen molar-refractivity contribution >= 4 is 17.8 Å². The molecule has 5 rings (SSSR count). The number of nitrogens with one attached hydrogen (secondary N) is 1. The van der Waals surface area contributed by atoms with Gasteiger partial charge in [0, 0.05) is 73.1 Å². The van der Waals surface area contributed by atoms with Crippen molar-refractivity contribution in [1.29, 1.82) is 5.41 Å². The number of carboxylic acid groups (broad SMARTS) is 1. The summed E-state index contributed by atoms with van der Waals surface area (Å²) in [4.78, 5) is 33.3. The molecular formula is C36H28F4IrN4O5-2. The Labute approximate surface area is 298 Å². The van der Waals surface area contributed by atoms with Crippen molar-refractivity contribution in [3.05, 3.63) is 150 Å². The zero-order valence-electron chi connectivity index (χ0n) is 26.3. The van der Waals surface area contributed by atoms with Gasteiger partial charge in [0.2, 0.25) is 0 Å². The van der Waals surface area contributed by atoms with Gasteiger partial charge in [-0.25, -0.2) is 14.6 Å². The molecule has 0 unspecified atom stereocenters. The number of pyridine rings is 3. The number of halogens is 4. The number of benzene rings is 2. The maximum Gasteiger partial charge on any atom is 0.354 e. The monoisotopic (exact) mass is 865 g/mol. The number of aromatic nitrogens is 3. The van der Waals surface area contributed by atoms with E-state index < -0.39 is 35.2 Å². The van der Waals surface area contributed by atoms with E-state index in [-0.39, 0.29) is 62.5 Å². The number of hydrogen-bond acceptors (Lipinski definition) is 8. The van der Waals surface area contributed by atoms with Crippen molar-refractivity contribution in [2.75, 3.05) is 6.61 Å². The Balaban J connectivity index is 0.000000265.